The minimum absolute atomic E-state index is 0.231. The maximum absolute atomic E-state index is 12.4. The van der Waals surface area contributed by atoms with E-state index in [1.54, 1.807) is 35.3 Å². The molecule has 1 aliphatic rings. The summed E-state index contributed by atoms with van der Waals surface area (Å²) in [7, 11) is 0. The van der Waals surface area contributed by atoms with Gasteiger partial charge in [-0.05, 0) is 42.0 Å². The molecule has 2 heterocycles. The van der Waals surface area contributed by atoms with Crippen LogP contribution < -0.4 is 10.2 Å². The molecule has 1 fully saturated rings. The number of amides is 2. The van der Waals surface area contributed by atoms with Crippen molar-refractivity contribution in [2.24, 2.45) is 0 Å². The number of carbonyl (C=O) groups excluding carboxylic acids is 2. The second-order valence-corrected chi connectivity index (χ2v) is 7.07. The number of aromatic nitrogens is 3. The van der Waals surface area contributed by atoms with Gasteiger partial charge in [-0.2, -0.15) is 0 Å². The van der Waals surface area contributed by atoms with Crippen LogP contribution in [0.25, 0.3) is 0 Å². The summed E-state index contributed by atoms with van der Waals surface area (Å²) < 4.78 is 7.58. The highest BCUT2D eigenvalue weighted by Gasteiger charge is 2.23. The van der Waals surface area contributed by atoms with Gasteiger partial charge in [0.05, 0.1) is 13.1 Å². The number of anilines is 2. The van der Waals surface area contributed by atoms with Crippen LogP contribution in [-0.4, -0.2) is 39.9 Å². The van der Waals surface area contributed by atoms with Gasteiger partial charge in [-0.25, -0.2) is 14.5 Å². The van der Waals surface area contributed by atoms with E-state index in [0.29, 0.717) is 30.9 Å². The molecule has 9 heteroatoms. The van der Waals surface area contributed by atoms with E-state index in [4.69, 9.17) is 4.74 Å². The largest absolute Gasteiger partial charge is 0.447 e. The summed E-state index contributed by atoms with van der Waals surface area (Å²) in [5.41, 5.74) is 2.21. The van der Waals surface area contributed by atoms with Gasteiger partial charge in [0.25, 0.3) is 5.91 Å². The molecule has 0 radical (unpaired) electrons. The van der Waals surface area contributed by atoms with Crippen molar-refractivity contribution >= 4 is 39.6 Å². The second kappa shape index (κ2) is 7.81. The second-order valence-electron chi connectivity index (χ2n) is 6.16. The molecule has 4 rings (SSSR count). The summed E-state index contributed by atoms with van der Waals surface area (Å²) in [6, 6.07) is 14.6. The molecule has 1 aliphatic heterocycles. The lowest BCUT2D eigenvalue weighted by Crippen LogP contribution is -2.23. The predicted molar refractivity (Wildman–Crippen MR) is 106 cm³/mol. The highest BCUT2D eigenvalue weighted by atomic mass is 79.9. The Labute approximate surface area is 169 Å². The standard InChI is InChI=1S/C19H16BrN5O3/c20-15-5-1-13(2-6-15)11-24-12-21-18(23-24)22-17(26)14-3-7-16(8-4-14)25-9-10-28-19(25)27/h1-8,12H,9-11H2,(H,22,23,26). The third kappa shape index (κ3) is 4.04. The van der Waals surface area contributed by atoms with Crippen LogP contribution in [0, 0.1) is 0 Å². The summed E-state index contributed by atoms with van der Waals surface area (Å²) in [6.07, 6.45) is 1.19. The van der Waals surface area contributed by atoms with E-state index >= 15 is 0 Å². The summed E-state index contributed by atoms with van der Waals surface area (Å²) in [6.45, 7) is 1.43. The van der Waals surface area contributed by atoms with Gasteiger partial charge >= 0.3 is 6.09 Å². The van der Waals surface area contributed by atoms with Crippen LogP contribution in [0.4, 0.5) is 16.4 Å². The van der Waals surface area contributed by atoms with Crippen LogP contribution in [-0.2, 0) is 11.3 Å². The summed E-state index contributed by atoms with van der Waals surface area (Å²) >= 11 is 3.40. The average molecular weight is 442 g/mol. The quantitative estimate of drug-likeness (QED) is 0.655. The van der Waals surface area contributed by atoms with Gasteiger partial charge in [0, 0.05) is 15.7 Å². The van der Waals surface area contributed by atoms with Crippen LogP contribution >= 0.6 is 15.9 Å². The van der Waals surface area contributed by atoms with Crippen LogP contribution in [0.15, 0.2) is 59.3 Å². The molecule has 1 N–H and O–H groups in total. The van der Waals surface area contributed by atoms with Gasteiger partial charge in [-0.1, -0.05) is 28.1 Å². The average Bonchev–Trinajstić information content (AvgIpc) is 3.32. The van der Waals surface area contributed by atoms with E-state index in [9.17, 15) is 9.59 Å². The number of halogens is 1. The van der Waals surface area contributed by atoms with E-state index in [2.05, 4.69) is 31.3 Å². The number of hydrogen-bond donors (Lipinski definition) is 1. The molecule has 3 aromatic rings. The monoisotopic (exact) mass is 441 g/mol. The van der Waals surface area contributed by atoms with Crippen molar-refractivity contribution < 1.29 is 14.3 Å². The lowest BCUT2D eigenvalue weighted by molar-refractivity contribution is 0.102. The minimum Gasteiger partial charge on any atom is -0.447 e. The number of benzene rings is 2. The SMILES string of the molecule is O=C(Nc1ncn(Cc2ccc(Br)cc2)n1)c1ccc(N2CCOC2=O)cc1. The first-order valence-electron chi connectivity index (χ1n) is 8.58. The number of cyclic esters (lactones) is 1. The molecule has 1 aromatic heterocycles. The fourth-order valence-corrected chi connectivity index (χ4v) is 3.06. The van der Waals surface area contributed by atoms with Crippen molar-refractivity contribution in [1.82, 2.24) is 14.8 Å². The minimum atomic E-state index is -0.377. The van der Waals surface area contributed by atoms with Crippen LogP contribution in [0.5, 0.6) is 0 Å². The fraction of sp³-hybridized carbons (Fsp3) is 0.158. The lowest BCUT2D eigenvalue weighted by Gasteiger charge is -2.12. The van der Waals surface area contributed by atoms with E-state index in [-0.39, 0.29) is 17.9 Å². The van der Waals surface area contributed by atoms with Crippen LogP contribution in [0.1, 0.15) is 15.9 Å². The molecule has 0 unspecified atom stereocenters. The molecule has 2 amide bonds. The number of rotatable bonds is 5. The molecule has 0 saturated carbocycles. The fourth-order valence-electron chi connectivity index (χ4n) is 2.80. The number of ether oxygens (including phenoxy) is 1. The van der Waals surface area contributed by atoms with E-state index in [0.717, 1.165) is 10.0 Å². The van der Waals surface area contributed by atoms with Gasteiger partial charge < -0.3 is 4.74 Å². The van der Waals surface area contributed by atoms with Gasteiger partial charge in [0.15, 0.2) is 0 Å². The Morgan fingerprint density at radius 2 is 1.89 bits per heavy atom. The Morgan fingerprint density at radius 3 is 2.57 bits per heavy atom. The molecule has 1 saturated heterocycles. The molecule has 28 heavy (non-hydrogen) atoms. The number of carbonyl (C=O) groups is 2. The first kappa shape index (κ1) is 18.2. The molecular formula is C19H16BrN5O3. The van der Waals surface area contributed by atoms with Crippen LogP contribution in [0.3, 0.4) is 0 Å². The zero-order chi connectivity index (χ0) is 19.5. The Hall–Kier alpha value is -3.20. The molecule has 0 spiro atoms. The van der Waals surface area contributed by atoms with Gasteiger partial charge in [-0.3, -0.25) is 15.0 Å². The number of hydrogen-bond acceptors (Lipinski definition) is 5. The summed E-state index contributed by atoms with van der Waals surface area (Å²) in [5.74, 6) is -0.0914. The Kier molecular flexibility index (Phi) is 5.07. The number of nitrogens with zero attached hydrogens (tertiary/aromatic N) is 4. The van der Waals surface area contributed by atoms with E-state index in [1.807, 2.05) is 24.3 Å². The highest BCUT2D eigenvalue weighted by molar-refractivity contribution is 9.10. The Bertz CT molecular complexity index is 1000. The van der Waals surface area contributed by atoms with E-state index in [1.165, 1.54) is 4.90 Å². The molecule has 0 bridgehead atoms. The van der Waals surface area contributed by atoms with Crippen molar-refractivity contribution in [3.05, 3.63) is 70.5 Å². The van der Waals surface area contributed by atoms with Crippen molar-refractivity contribution in [3.8, 4) is 0 Å². The van der Waals surface area contributed by atoms with E-state index < -0.39 is 0 Å². The molecule has 0 atom stereocenters. The molecule has 142 valence electrons. The third-order valence-electron chi connectivity index (χ3n) is 4.22. The first-order chi connectivity index (χ1) is 13.6. The van der Waals surface area contributed by atoms with Crippen molar-refractivity contribution in [2.75, 3.05) is 23.4 Å². The maximum Gasteiger partial charge on any atom is 0.414 e. The first-order valence-corrected chi connectivity index (χ1v) is 9.37. The van der Waals surface area contributed by atoms with Gasteiger partial charge in [0.2, 0.25) is 5.95 Å². The zero-order valence-electron chi connectivity index (χ0n) is 14.7. The molecule has 2 aromatic carbocycles. The summed E-state index contributed by atoms with van der Waals surface area (Å²) in [4.78, 5) is 29.6. The Balaban J connectivity index is 1.39. The predicted octanol–water partition coefficient (Wildman–Crippen LogP) is 3.30. The van der Waals surface area contributed by atoms with Gasteiger partial charge in [0.1, 0.15) is 12.9 Å². The molecular weight excluding hydrogens is 426 g/mol. The molecule has 0 aliphatic carbocycles. The van der Waals surface area contributed by atoms with Crippen molar-refractivity contribution in [3.63, 3.8) is 0 Å². The maximum atomic E-state index is 12.4. The normalized spacial score (nSPS) is 13.5. The van der Waals surface area contributed by atoms with Gasteiger partial charge in [-0.15, -0.1) is 5.10 Å². The molecule has 8 nitrogen and oxygen atoms in total. The van der Waals surface area contributed by atoms with Crippen molar-refractivity contribution in [2.45, 2.75) is 6.54 Å². The smallest absolute Gasteiger partial charge is 0.414 e. The Morgan fingerprint density at radius 1 is 1.14 bits per heavy atom. The third-order valence-corrected chi connectivity index (χ3v) is 4.75. The lowest BCUT2D eigenvalue weighted by atomic mass is 10.2. The summed E-state index contributed by atoms with van der Waals surface area (Å²) in [5, 5.41) is 6.95. The topological polar surface area (TPSA) is 89.3 Å². The zero-order valence-corrected chi connectivity index (χ0v) is 16.3. The van der Waals surface area contributed by atoms with Crippen LogP contribution in [0.2, 0.25) is 0 Å². The highest BCUT2D eigenvalue weighted by Crippen LogP contribution is 2.19. The van der Waals surface area contributed by atoms with Crippen molar-refractivity contribution in [1.29, 1.82) is 0 Å². The number of nitrogens with one attached hydrogen (secondary N) is 1.